The Labute approximate surface area is 279 Å². The molecular weight excluding hydrogens is 676 g/mol. The van der Waals surface area contributed by atoms with E-state index in [4.69, 9.17) is 11.5 Å². The number of carboxylic acid groups (broad SMARTS) is 4. The predicted molar refractivity (Wildman–Crippen MR) is 162 cm³/mol. The van der Waals surface area contributed by atoms with Crippen molar-refractivity contribution in [1.29, 1.82) is 0 Å². The summed E-state index contributed by atoms with van der Waals surface area (Å²) < 4.78 is 0. The minimum absolute atomic E-state index is 0.102. The Hall–Kier alpha value is -4.28. The van der Waals surface area contributed by atoms with Crippen LogP contribution in [-0.2, 0) is 28.8 Å². The van der Waals surface area contributed by atoms with E-state index in [1.54, 1.807) is 0 Å². The fourth-order valence-electron chi connectivity index (χ4n) is 7.21. The van der Waals surface area contributed by atoms with Crippen LogP contribution < -0.4 is 22.1 Å². The molecule has 2 heterocycles. The molecule has 2 aromatic heterocycles. The molecule has 4 aliphatic rings. The number of nitrogens with zero attached hydrogens (tertiary/aromatic N) is 4. The topological polar surface area (TPSA) is 343 Å². The number of aromatic nitrogens is 6. The van der Waals surface area contributed by atoms with Gasteiger partial charge in [-0.25, -0.2) is 19.6 Å². The number of nitrogens with two attached hydrogens (primary N) is 2. The molecule has 0 bridgehead atoms. The highest BCUT2D eigenvalue weighted by molar-refractivity contribution is 8.00. The lowest BCUT2D eigenvalue weighted by atomic mass is 9.89. The van der Waals surface area contributed by atoms with E-state index >= 15 is 0 Å². The maximum absolute atomic E-state index is 12.0. The Morgan fingerprint density at radius 1 is 0.750 bits per heavy atom. The van der Waals surface area contributed by atoms with Gasteiger partial charge >= 0.3 is 23.9 Å². The number of aromatic amines is 2. The van der Waals surface area contributed by atoms with Crippen LogP contribution in [0, 0.1) is 35.5 Å². The number of thioether (sulfide) groups is 2. The molecular formula is C26H34N10O10S2. The summed E-state index contributed by atoms with van der Waals surface area (Å²) in [7, 11) is 0. The molecule has 4 saturated carbocycles. The third kappa shape index (κ3) is 6.19. The normalized spacial score (nSPS) is 35.1. The Morgan fingerprint density at radius 3 is 1.35 bits per heavy atom. The van der Waals surface area contributed by atoms with Crippen molar-refractivity contribution >= 4 is 59.2 Å². The number of amides is 2. The first-order valence-electron chi connectivity index (χ1n) is 14.7. The fraction of sp³-hybridized carbons (Fsp3) is 0.615. The summed E-state index contributed by atoms with van der Waals surface area (Å²) in [5.41, 5.74) is 7.78. The second-order valence-electron chi connectivity index (χ2n) is 12.3. The Kier molecular flexibility index (Phi) is 9.47. The number of aliphatic carboxylic acids is 4. The average molecular weight is 711 g/mol. The molecule has 4 aliphatic carbocycles. The van der Waals surface area contributed by atoms with Crippen molar-refractivity contribution in [2.45, 2.75) is 70.7 Å². The molecule has 0 saturated heterocycles. The maximum Gasteiger partial charge on any atom is 0.329 e. The van der Waals surface area contributed by atoms with Gasteiger partial charge in [0.2, 0.25) is 11.8 Å². The molecule has 260 valence electrons. The highest BCUT2D eigenvalue weighted by Crippen LogP contribution is 2.67. The van der Waals surface area contributed by atoms with Crippen molar-refractivity contribution < 1.29 is 49.2 Å². The van der Waals surface area contributed by atoms with E-state index in [1.165, 1.54) is 50.0 Å². The van der Waals surface area contributed by atoms with E-state index in [-0.39, 0.29) is 35.2 Å². The lowest BCUT2D eigenvalue weighted by Gasteiger charge is -2.30. The van der Waals surface area contributed by atoms with Crippen molar-refractivity contribution in [3.05, 3.63) is 12.7 Å². The summed E-state index contributed by atoms with van der Waals surface area (Å²) in [6.07, 6.45) is 2.84. The minimum Gasteiger partial charge on any atom is -0.481 e. The molecule has 2 aromatic rings. The van der Waals surface area contributed by atoms with Gasteiger partial charge in [-0.3, -0.25) is 29.4 Å². The molecule has 2 amide bonds. The number of H-pyrrole nitrogens is 2. The smallest absolute Gasteiger partial charge is 0.329 e. The molecule has 0 aromatic carbocycles. The fourth-order valence-corrected chi connectivity index (χ4v) is 9.90. The zero-order valence-corrected chi connectivity index (χ0v) is 27.0. The van der Waals surface area contributed by atoms with Crippen LogP contribution in [0.3, 0.4) is 0 Å². The van der Waals surface area contributed by atoms with E-state index < -0.39 is 82.5 Å². The first kappa shape index (κ1) is 35.0. The zero-order chi connectivity index (χ0) is 35.3. The lowest BCUT2D eigenvalue weighted by Crippen LogP contribution is -2.59. The molecule has 0 unspecified atom stereocenters. The van der Waals surface area contributed by atoms with E-state index in [9.17, 15) is 49.2 Å². The van der Waals surface area contributed by atoms with Gasteiger partial charge < -0.3 is 42.5 Å². The SMILES string of the molecule is C[C@H](N)C(=O)N[C@@]1(C(=O)O)C[C@@H](Sc2ncn[nH]2)[C@H]2[C@H](C(=O)O)[C@H]21.C[C@H](N)C(=O)N[C@@]1(C(=O)O)C[C@@H](Sc2ncn[nH]2)[C@H]2[C@H](C(=O)O)[C@H]21. The van der Waals surface area contributed by atoms with Crippen LogP contribution in [-0.4, -0.2) is 120 Å². The second-order valence-corrected chi connectivity index (χ2v) is 14.8. The van der Waals surface area contributed by atoms with Crippen molar-refractivity contribution in [2.24, 2.45) is 47.0 Å². The number of carbonyl (C=O) groups excluding carboxylic acids is 2. The third-order valence-corrected chi connectivity index (χ3v) is 11.8. The first-order chi connectivity index (χ1) is 22.6. The number of hydrogen-bond acceptors (Lipinski definition) is 14. The molecule has 0 spiro atoms. The van der Waals surface area contributed by atoms with Crippen LogP contribution in [0.15, 0.2) is 23.0 Å². The van der Waals surface area contributed by atoms with Gasteiger partial charge in [-0.15, -0.1) is 0 Å². The molecule has 4 fully saturated rings. The average Bonchev–Trinajstić information content (AvgIpc) is 3.62. The second kappa shape index (κ2) is 13.0. The minimum atomic E-state index is -1.63. The van der Waals surface area contributed by atoms with Crippen LogP contribution in [0.4, 0.5) is 0 Å². The van der Waals surface area contributed by atoms with Gasteiger partial charge in [0.15, 0.2) is 10.3 Å². The number of hydrogen-bond donors (Lipinski definition) is 10. The highest BCUT2D eigenvalue weighted by Gasteiger charge is 2.77. The zero-order valence-electron chi connectivity index (χ0n) is 25.3. The Bertz CT molecular complexity index is 1480. The molecule has 22 heteroatoms. The van der Waals surface area contributed by atoms with Gasteiger partial charge in [-0.1, -0.05) is 23.5 Å². The van der Waals surface area contributed by atoms with Gasteiger partial charge in [0.1, 0.15) is 23.7 Å². The molecule has 6 rings (SSSR count). The van der Waals surface area contributed by atoms with Crippen LogP contribution in [0.2, 0.25) is 0 Å². The maximum atomic E-state index is 12.0. The van der Waals surface area contributed by atoms with E-state index in [2.05, 4.69) is 41.0 Å². The van der Waals surface area contributed by atoms with Crippen LogP contribution in [0.1, 0.15) is 26.7 Å². The van der Waals surface area contributed by atoms with Gasteiger partial charge in [-0.2, -0.15) is 10.2 Å². The Morgan fingerprint density at radius 2 is 1.10 bits per heavy atom. The van der Waals surface area contributed by atoms with Crippen molar-refractivity contribution in [3.63, 3.8) is 0 Å². The lowest BCUT2D eigenvalue weighted by molar-refractivity contribution is -0.150. The third-order valence-electron chi connectivity index (χ3n) is 9.36. The van der Waals surface area contributed by atoms with Crippen molar-refractivity contribution in [3.8, 4) is 0 Å². The standard InChI is InChI=1S/2C13H17N5O5S/c2*1-4(14)9(19)17-13(11(22)23)2-5(24-12-15-3-16-18-12)6-7(8(6)13)10(20)21/h2*3-8H,2,14H2,1H3,(H,17,19)(H,20,21)(H,22,23)(H,15,16,18)/t2*4-,5+,6-,7-,8-,13-/m00/s1. The van der Waals surface area contributed by atoms with Gasteiger partial charge in [-0.05, 0) is 38.5 Å². The number of carboxylic acids is 4. The number of carbonyl (C=O) groups is 6. The molecule has 0 aliphatic heterocycles. The van der Waals surface area contributed by atoms with Gasteiger partial charge in [0.25, 0.3) is 0 Å². The monoisotopic (exact) mass is 710 g/mol. The van der Waals surface area contributed by atoms with Gasteiger partial charge in [0.05, 0.1) is 23.9 Å². The summed E-state index contributed by atoms with van der Waals surface area (Å²) in [4.78, 5) is 78.8. The van der Waals surface area contributed by atoms with E-state index in [0.717, 1.165) is 0 Å². The van der Waals surface area contributed by atoms with Crippen LogP contribution in [0.25, 0.3) is 0 Å². The number of fused-ring (bicyclic) bond motifs is 2. The molecule has 0 radical (unpaired) electrons. The summed E-state index contributed by atoms with van der Waals surface area (Å²) in [5, 5.41) is 56.3. The molecule has 48 heavy (non-hydrogen) atoms. The molecule has 20 nitrogen and oxygen atoms in total. The summed E-state index contributed by atoms with van der Waals surface area (Å²) in [6, 6.07) is -1.77. The quantitative estimate of drug-likeness (QED) is 0.112. The van der Waals surface area contributed by atoms with Crippen molar-refractivity contribution in [1.82, 2.24) is 41.0 Å². The van der Waals surface area contributed by atoms with E-state index in [0.29, 0.717) is 10.3 Å². The summed E-state index contributed by atoms with van der Waals surface area (Å²) in [6.45, 7) is 2.89. The first-order valence-corrected chi connectivity index (χ1v) is 16.4. The highest BCUT2D eigenvalue weighted by atomic mass is 32.2. The molecule has 12 N–H and O–H groups in total. The Balaban J connectivity index is 0.000000188. The van der Waals surface area contributed by atoms with Gasteiger partial charge in [0, 0.05) is 22.3 Å². The van der Waals surface area contributed by atoms with Crippen LogP contribution in [0.5, 0.6) is 0 Å². The largest absolute Gasteiger partial charge is 0.481 e. The molecule has 12 atom stereocenters. The van der Waals surface area contributed by atoms with E-state index in [1.807, 2.05) is 0 Å². The summed E-state index contributed by atoms with van der Waals surface area (Å²) in [5.74, 6) is -9.52. The summed E-state index contributed by atoms with van der Waals surface area (Å²) >= 11 is 2.49. The number of rotatable bonds is 12. The van der Waals surface area contributed by atoms with Crippen LogP contribution >= 0.6 is 23.5 Å². The number of nitrogens with one attached hydrogen (secondary N) is 4. The van der Waals surface area contributed by atoms with Crippen molar-refractivity contribution in [2.75, 3.05) is 0 Å². The predicted octanol–water partition coefficient (Wildman–Crippen LogP) is -2.19.